The van der Waals surface area contributed by atoms with Crippen LogP contribution in [-0.4, -0.2) is 31.6 Å². The molecule has 2 rings (SSSR count). The van der Waals surface area contributed by atoms with E-state index in [0.29, 0.717) is 19.4 Å². The molecule has 3 nitrogen and oxygen atoms in total. The highest BCUT2D eigenvalue weighted by Gasteiger charge is 2.14. The van der Waals surface area contributed by atoms with E-state index in [-0.39, 0.29) is 17.7 Å². The van der Waals surface area contributed by atoms with Gasteiger partial charge in [-0.15, -0.1) is 0 Å². The van der Waals surface area contributed by atoms with Crippen LogP contribution < -0.4 is 5.32 Å². The second-order valence-electron chi connectivity index (χ2n) is 5.36. The van der Waals surface area contributed by atoms with Gasteiger partial charge in [-0.05, 0) is 56.1 Å². The summed E-state index contributed by atoms with van der Waals surface area (Å²) in [5, 5.41) is 3.28. The molecular formula is C16H22FNO2. The summed E-state index contributed by atoms with van der Waals surface area (Å²) in [5.41, 5.74) is 1.73. The molecular weight excluding hydrogens is 257 g/mol. The molecule has 0 saturated carbocycles. The second-order valence-corrected chi connectivity index (χ2v) is 5.36. The van der Waals surface area contributed by atoms with Crippen molar-refractivity contribution in [2.45, 2.75) is 38.7 Å². The summed E-state index contributed by atoms with van der Waals surface area (Å²) in [7, 11) is 0. The maximum absolute atomic E-state index is 13.2. The van der Waals surface area contributed by atoms with Gasteiger partial charge in [0.15, 0.2) is 0 Å². The molecule has 0 aromatic heterocycles. The molecule has 0 spiro atoms. The molecule has 1 N–H and O–H groups in total. The van der Waals surface area contributed by atoms with Crippen molar-refractivity contribution in [1.82, 2.24) is 5.32 Å². The Morgan fingerprint density at radius 2 is 2.15 bits per heavy atom. The summed E-state index contributed by atoms with van der Waals surface area (Å²) in [4.78, 5) is 11.9. The molecule has 0 unspecified atom stereocenters. The van der Waals surface area contributed by atoms with Crippen molar-refractivity contribution in [2.75, 3.05) is 19.7 Å². The van der Waals surface area contributed by atoms with Crippen LogP contribution in [0.1, 0.15) is 30.4 Å². The minimum atomic E-state index is -0.288. The third-order valence-corrected chi connectivity index (χ3v) is 3.72. The van der Waals surface area contributed by atoms with E-state index >= 15 is 0 Å². The lowest BCUT2D eigenvalue weighted by atomic mass is 10.0. The Bertz CT molecular complexity index is 456. The van der Waals surface area contributed by atoms with E-state index in [0.717, 1.165) is 37.1 Å². The molecule has 0 atom stereocenters. The van der Waals surface area contributed by atoms with Gasteiger partial charge in [0.25, 0.3) is 0 Å². The molecule has 20 heavy (non-hydrogen) atoms. The van der Waals surface area contributed by atoms with Gasteiger partial charge in [-0.2, -0.15) is 0 Å². The van der Waals surface area contributed by atoms with Crippen LogP contribution in [0.15, 0.2) is 18.2 Å². The number of ether oxygens (including phenoxy) is 1. The van der Waals surface area contributed by atoms with Crippen LogP contribution in [0.25, 0.3) is 0 Å². The van der Waals surface area contributed by atoms with Crippen LogP contribution in [-0.2, 0) is 16.0 Å². The number of hydrogen-bond donors (Lipinski definition) is 1. The largest absolute Gasteiger partial charge is 0.378 e. The van der Waals surface area contributed by atoms with Crippen LogP contribution >= 0.6 is 0 Å². The minimum Gasteiger partial charge on any atom is -0.378 e. The standard InChI is InChI=1S/C16H22FNO2/c1-12-2-3-14(17)10-13(12)11-15(19)6-9-20-16-4-7-18-8-5-16/h2-3,10,16,18H,4-9,11H2,1H3. The zero-order valence-corrected chi connectivity index (χ0v) is 12.0. The monoisotopic (exact) mass is 279 g/mol. The molecule has 0 radical (unpaired) electrons. The zero-order valence-electron chi connectivity index (χ0n) is 12.0. The van der Waals surface area contributed by atoms with E-state index in [1.807, 2.05) is 6.92 Å². The van der Waals surface area contributed by atoms with Gasteiger partial charge in [0, 0.05) is 12.8 Å². The van der Waals surface area contributed by atoms with E-state index in [1.165, 1.54) is 12.1 Å². The SMILES string of the molecule is Cc1ccc(F)cc1CC(=O)CCOC1CCNCC1. The van der Waals surface area contributed by atoms with Gasteiger partial charge in [0.1, 0.15) is 11.6 Å². The van der Waals surface area contributed by atoms with Crippen molar-refractivity contribution in [3.63, 3.8) is 0 Å². The first kappa shape index (κ1) is 15.1. The van der Waals surface area contributed by atoms with Gasteiger partial charge in [0.05, 0.1) is 12.7 Å². The topological polar surface area (TPSA) is 38.3 Å². The van der Waals surface area contributed by atoms with Crippen LogP contribution in [0.2, 0.25) is 0 Å². The number of carbonyl (C=O) groups is 1. The Balaban J connectivity index is 1.73. The lowest BCUT2D eigenvalue weighted by Crippen LogP contribution is -2.32. The van der Waals surface area contributed by atoms with Gasteiger partial charge in [-0.25, -0.2) is 4.39 Å². The Labute approximate surface area is 119 Å². The number of benzene rings is 1. The van der Waals surface area contributed by atoms with Gasteiger partial charge in [-0.3, -0.25) is 4.79 Å². The average molecular weight is 279 g/mol. The summed E-state index contributed by atoms with van der Waals surface area (Å²) in [5.74, 6) is -0.183. The zero-order chi connectivity index (χ0) is 14.4. The summed E-state index contributed by atoms with van der Waals surface area (Å²) >= 11 is 0. The highest BCUT2D eigenvalue weighted by atomic mass is 19.1. The lowest BCUT2D eigenvalue weighted by Gasteiger charge is -2.22. The maximum Gasteiger partial charge on any atom is 0.139 e. The molecule has 1 aliphatic rings. The number of rotatable bonds is 6. The molecule has 0 amide bonds. The predicted molar refractivity (Wildman–Crippen MR) is 76.3 cm³/mol. The third-order valence-electron chi connectivity index (χ3n) is 3.72. The number of ketones is 1. The molecule has 1 fully saturated rings. The smallest absolute Gasteiger partial charge is 0.139 e. The summed E-state index contributed by atoms with van der Waals surface area (Å²) in [6, 6.07) is 4.58. The molecule has 1 aliphatic heterocycles. The van der Waals surface area contributed by atoms with E-state index in [1.54, 1.807) is 6.07 Å². The van der Waals surface area contributed by atoms with E-state index in [2.05, 4.69) is 5.32 Å². The highest BCUT2D eigenvalue weighted by molar-refractivity contribution is 5.81. The summed E-state index contributed by atoms with van der Waals surface area (Å²) < 4.78 is 18.9. The van der Waals surface area contributed by atoms with Gasteiger partial charge in [-0.1, -0.05) is 6.07 Å². The Hall–Kier alpha value is -1.26. The van der Waals surface area contributed by atoms with E-state index in [9.17, 15) is 9.18 Å². The fraction of sp³-hybridized carbons (Fsp3) is 0.562. The predicted octanol–water partition coefficient (Wildman–Crippen LogP) is 2.40. The molecule has 0 bridgehead atoms. The molecule has 1 heterocycles. The number of Topliss-reactive ketones (excluding diaryl/α,β-unsaturated/α-hetero) is 1. The second kappa shape index (κ2) is 7.50. The fourth-order valence-corrected chi connectivity index (χ4v) is 2.43. The first-order chi connectivity index (χ1) is 9.65. The maximum atomic E-state index is 13.2. The minimum absolute atomic E-state index is 0.104. The number of hydrogen-bond acceptors (Lipinski definition) is 3. The first-order valence-corrected chi connectivity index (χ1v) is 7.24. The van der Waals surface area contributed by atoms with Crippen molar-refractivity contribution in [2.24, 2.45) is 0 Å². The number of aryl methyl sites for hydroxylation is 1. The fourth-order valence-electron chi connectivity index (χ4n) is 2.43. The van der Waals surface area contributed by atoms with E-state index in [4.69, 9.17) is 4.74 Å². The van der Waals surface area contributed by atoms with Crippen LogP contribution in [0.3, 0.4) is 0 Å². The first-order valence-electron chi connectivity index (χ1n) is 7.24. The molecule has 1 aromatic rings. The van der Waals surface area contributed by atoms with E-state index < -0.39 is 0 Å². The molecule has 4 heteroatoms. The van der Waals surface area contributed by atoms with Gasteiger partial charge in [0.2, 0.25) is 0 Å². The van der Waals surface area contributed by atoms with Crippen LogP contribution in [0.5, 0.6) is 0 Å². The Kier molecular flexibility index (Phi) is 5.68. The lowest BCUT2D eigenvalue weighted by molar-refractivity contribution is -0.120. The van der Waals surface area contributed by atoms with Crippen molar-refractivity contribution >= 4 is 5.78 Å². The molecule has 0 aliphatic carbocycles. The van der Waals surface area contributed by atoms with Crippen molar-refractivity contribution in [1.29, 1.82) is 0 Å². The number of piperidine rings is 1. The van der Waals surface area contributed by atoms with Crippen LogP contribution in [0.4, 0.5) is 4.39 Å². The average Bonchev–Trinajstić information content (AvgIpc) is 2.44. The third kappa shape index (κ3) is 4.69. The van der Waals surface area contributed by atoms with Crippen LogP contribution in [0, 0.1) is 12.7 Å². The normalized spacial score (nSPS) is 16.3. The molecule has 1 saturated heterocycles. The van der Waals surface area contributed by atoms with Gasteiger partial charge < -0.3 is 10.1 Å². The highest BCUT2D eigenvalue weighted by Crippen LogP contribution is 2.13. The quantitative estimate of drug-likeness (QED) is 0.869. The van der Waals surface area contributed by atoms with Gasteiger partial charge >= 0.3 is 0 Å². The summed E-state index contributed by atoms with van der Waals surface area (Å²) in [6.07, 6.45) is 2.99. The Morgan fingerprint density at radius 3 is 2.90 bits per heavy atom. The molecule has 110 valence electrons. The van der Waals surface area contributed by atoms with Crippen molar-refractivity contribution in [3.8, 4) is 0 Å². The number of halogens is 1. The van der Waals surface area contributed by atoms with Crippen molar-refractivity contribution < 1.29 is 13.9 Å². The molecule has 1 aromatic carbocycles. The van der Waals surface area contributed by atoms with Crippen molar-refractivity contribution in [3.05, 3.63) is 35.1 Å². The number of nitrogens with one attached hydrogen (secondary N) is 1. The summed E-state index contributed by atoms with van der Waals surface area (Å²) in [6.45, 7) is 4.34. The Morgan fingerprint density at radius 1 is 1.40 bits per heavy atom. The number of carbonyl (C=O) groups excluding carboxylic acids is 1.